The molecule has 166 valence electrons. The van der Waals surface area contributed by atoms with Crippen molar-refractivity contribution < 1.29 is 28.5 Å². The highest BCUT2D eigenvalue weighted by atomic mass is 16.5. The lowest BCUT2D eigenvalue weighted by molar-refractivity contribution is -0.137. The number of carbonyl (C=O) groups excluding carboxylic acids is 2. The summed E-state index contributed by atoms with van der Waals surface area (Å²) in [5.74, 6) is 1.24. The molecule has 2 aromatic rings. The zero-order valence-corrected chi connectivity index (χ0v) is 17.9. The maximum atomic E-state index is 12.6. The highest BCUT2D eigenvalue weighted by molar-refractivity contribution is 5.94. The first kappa shape index (κ1) is 22.4. The van der Waals surface area contributed by atoms with Crippen LogP contribution in [0.2, 0.25) is 0 Å². The molecule has 2 amide bonds. The highest BCUT2D eigenvalue weighted by Gasteiger charge is 2.18. The summed E-state index contributed by atoms with van der Waals surface area (Å²) >= 11 is 0. The number of benzene rings is 2. The van der Waals surface area contributed by atoms with E-state index in [-0.39, 0.29) is 18.4 Å². The van der Waals surface area contributed by atoms with Crippen molar-refractivity contribution in [3.8, 4) is 17.2 Å². The van der Waals surface area contributed by atoms with Gasteiger partial charge in [0.05, 0.1) is 26.9 Å². The van der Waals surface area contributed by atoms with Crippen LogP contribution in [0.15, 0.2) is 42.5 Å². The van der Waals surface area contributed by atoms with E-state index in [1.165, 1.54) is 0 Å². The fraction of sp³-hybridized carbons (Fsp3) is 0.391. The first-order chi connectivity index (χ1) is 15.1. The van der Waals surface area contributed by atoms with Crippen LogP contribution in [0.25, 0.3) is 0 Å². The van der Waals surface area contributed by atoms with Crippen molar-refractivity contribution >= 4 is 11.8 Å². The number of ether oxygens (including phenoxy) is 4. The number of nitrogens with zero attached hydrogens (tertiary/aromatic N) is 1. The monoisotopic (exact) mass is 428 g/mol. The van der Waals surface area contributed by atoms with Crippen molar-refractivity contribution in [3.63, 3.8) is 0 Å². The average molecular weight is 428 g/mol. The Morgan fingerprint density at radius 3 is 2.61 bits per heavy atom. The van der Waals surface area contributed by atoms with Crippen molar-refractivity contribution in [2.75, 3.05) is 46.6 Å². The lowest BCUT2D eigenvalue weighted by atomic mass is 10.1. The SMILES string of the molecule is CCOc1cc(C(=O)NCc2cccc(OC)c2)ccc1OCC(=O)N1CCOCC1. The van der Waals surface area contributed by atoms with E-state index in [1.807, 2.05) is 31.2 Å². The quantitative estimate of drug-likeness (QED) is 0.659. The van der Waals surface area contributed by atoms with Gasteiger partial charge in [0.2, 0.25) is 0 Å². The fourth-order valence-electron chi connectivity index (χ4n) is 3.15. The van der Waals surface area contributed by atoms with E-state index >= 15 is 0 Å². The summed E-state index contributed by atoms with van der Waals surface area (Å²) in [6.07, 6.45) is 0. The molecular weight excluding hydrogens is 400 g/mol. The Hall–Kier alpha value is -3.26. The van der Waals surface area contributed by atoms with Crippen LogP contribution in [0.4, 0.5) is 0 Å². The molecule has 8 heteroatoms. The van der Waals surface area contributed by atoms with Crippen LogP contribution in [0, 0.1) is 0 Å². The lowest BCUT2D eigenvalue weighted by Gasteiger charge is -2.26. The summed E-state index contributed by atoms with van der Waals surface area (Å²) < 4.78 is 21.8. The van der Waals surface area contributed by atoms with E-state index in [4.69, 9.17) is 18.9 Å². The smallest absolute Gasteiger partial charge is 0.260 e. The largest absolute Gasteiger partial charge is 0.497 e. The van der Waals surface area contributed by atoms with Gasteiger partial charge >= 0.3 is 0 Å². The summed E-state index contributed by atoms with van der Waals surface area (Å²) in [6, 6.07) is 12.4. The van der Waals surface area contributed by atoms with E-state index in [9.17, 15) is 9.59 Å². The zero-order valence-electron chi connectivity index (χ0n) is 17.9. The highest BCUT2D eigenvalue weighted by Crippen LogP contribution is 2.28. The van der Waals surface area contributed by atoms with Crippen molar-refractivity contribution in [3.05, 3.63) is 53.6 Å². The summed E-state index contributed by atoms with van der Waals surface area (Å²) in [6.45, 7) is 4.72. The molecule has 0 atom stereocenters. The summed E-state index contributed by atoms with van der Waals surface area (Å²) in [5.41, 5.74) is 1.37. The normalized spacial score (nSPS) is 13.4. The predicted molar refractivity (Wildman–Crippen MR) is 115 cm³/mol. The number of hydrogen-bond donors (Lipinski definition) is 1. The van der Waals surface area contributed by atoms with E-state index in [0.29, 0.717) is 56.5 Å². The Morgan fingerprint density at radius 2 is 1.87 bits per heavy atom. The molecule has 0 bridgehead atoms. The van der Waals surface area contributed by atoms with E-state index in [2.05, 4.69) is 5.32 Å². The van der Waals surface area contributed by atoms with Crippen LogP contribution >= 0.6 is 0 Å². The van der Waals surface area contributed by atoms with Crippen molar-refractivity contribution in [1.82, 2.24) is 10.2 Å². The number of morpholine rings is 1. The molecule has 31 heavy (non-hydrogen) atoms. The molecule has 2 aromatic carbocycles. The van der Waals surface area contributed by atoms with Crippen LogP contribution in [0.5, 0.6) is 17.2 Å². The molecule has 1 fully saturated rings. The first-order valence-corrected chi connectivity index (χ1v) is 10.3. The Balaban J connectivity index is 1.61. The zero-order chi connectivity index (χ0) is 22.1. The van der Waals surface area contributed by atoms with Crippen molar-refractivity contribution in [1.29, 1.82) is 0 Å². The third-order valence-corrected chi connectivity index (χ3v) is 4.81. The van der Waals surface area contributed by atoms with Crippen LogP contribution in [-0.2, 0) is 16.1 Å². The lowest BCUT2D eigenvalue weighted by Crippen LogP contribution is -2.43. The summed E-state index contributed by atoms with van der Waals surface area (Å²) in [7, 11) is 1.60. The Labute approximate surface area is 182 Å². The second kappa shape index (κ2) is 11.2. The Bertz CT molecular complexity index is 895. The second-order valence-electron chi connectivity index (χ2n) is 6.91. The van der Waals surface area contributed by atoms with Crippen molar-refractivity contribution in [2.45, 2.75) is 13.5 Å². The van der Waals surface area contributed by atoms with Gasteiger partial charge in [-0.1, -0.05) is 12.1 Å². The number of amides is 2. The maximum absolute atomic E-state index is 12.6. The first-order valence-electron chi connectivity index (χ1n) is 10.3. The van der Waals surface area contributed by atoms with Gasteiger partial charge in [0.25, 0.3) is 11.8 Å². The van der Waals surface area contributed by atoms with Gasteiger partial charge in [0.15, 0.2) is 18.1 Å². The molecule has 0 aromatic heterocycles. The standard InChI is InChI=1S/C23H28N2O6/c1-3-30-21-14-18(23(27)24-15-17-5-4-6-19(13-17)28-2)7-8-20(21)31-16-22(26)25-9-11-29-12-10-25/h4-8,13-14H,3,9-12,15-16H2,1-2H3,(H,24,27). The van der Waals surface area contributed by atoms with Gasteiger partial charge in [-0.05, 0) is 42.8 Å². The molecule has 0 spiro atoms. The van der Waals surface area contributed by atoms with Gasteiger partial charge in [-0.15, -0.1) is 0 Å². The molecule has 1 aliphatic rings. The molecule has 0 radical (unpaired) electrons. The van der Waals surface area contributed by atoms with Crippen LogP contribution in [0.3, 0.4) is 0 Å². The minimum atomic E-state index is -0.236. The molecule has 3 rings (SSSR count). The number of hydrogen-bond acceptors (Lipinski definition) is 6. The number of carbonyl (C=O) groups is 2. The van der Waals surface area contributed by atoms with Gasteiger partial charge < -0.3 is 29.2 Å². The van der Waals surface area contributed by atoms with Crippen LogP contribution in [0.1, 0.15) is 22.8 Å². The summed E-state index contributed by atoms with van der Waals surface area (Å²) in [4.78, 5) is 26.6. The van der Waals surface area contributed by atoms with Gasteiger partial charge in [0.1, 0.15) is 5.75 Å². The fourth-order valence-corrected chi connectivity index (χ4v) is 3.15. The van der Waals surface area contributed by atoms with Gasteiger partial charge in [0, 0.05) is 25.2 Å². The molecule has 1 saturated heterocycles. The molecule has 0 saturated carbocycles. The summed E-state index contributed by atoms with van der Waals surface area (Å²) in [5, 5.41) is 2.89. The molecule has 0 unspecified atom stereocenters. The molecule has 0 aliphatic carbocycles. The number of nitrogens with one attached hydrogen (secondary N) is 1. The van der Waals surface area contributed by atoms with Crippen LogP contribution in [-0.4, -0.2) is 63.3 Å². The predicted octanol–water partition coefficient (Wildman–Crippen LogP) is 2.26. The average Bonchev–Trinajstić information content (AvgIpc) is 2.82. The van der Waals surface area contributed by atoms with Gasteiger partial charge in [-0.25, -0.2) is 0 Å². The third-order valence-electron chi connectivity index (χ3n) is 4.81. The molecule has 1 heterocycles. The second-order valence-corrected chi connectivity index (χ2v) is 6.91. The third kappa shape index (κ3) is 6.36. The Kier molecular flexibility index (Phi) is 8.12. The molecule has 8 nitrogen and oxygen atoms in total. The minimum absolute atomic E-state index is 0.0958. The Morgan fingerprint density at radius 1 is 1.06 bits per heavy atom. The van der Waals surface area contributed by atoms with Crippen molar-refractivity contribution in [2.24, 2.45) is 0 Å². The molecular formula is C23H28N2O6. The van der Waals surface area contributed by atoms with Crippen LogP contribution < -0.4 is 19.5 Å². The number of rotatable bonds is 9. The molecule has 1 aliphatic heterocycles. The minimum Gasteiger partial charge on any atom is -0.497 e. The molecule has 1 N–H and O–H groups in total. The van der Waals surface area contributed by atoms with Gasteiger partial charge in [-0.3, -0.25) is 9.59 Å². The topological polar surface area (TPSA) is 86.3 Å². The van der Waals surface area contributed by atoms with E-state index < -0.39 is 0 Å². The van der Waals surface area contributed by atoms with E-state index in [0.717, 1.165) is 11.3 Å². The number of methoxy groups -OCH3 is 1. The maximum Gasteiger partial charge on any atom is 0.260 e. The van der Waals surface area contributed by atoms with Gasteiger partial charge in [-0.2, -0.15) is 0 Å². The van der Waals surface area contributed by atoms with E-state index in [1.54, 1.807) is 30.2 Å².